The standard InChI is InChI=1S/C43H73O8P/c1-3-5-7-9-11-13-15-17-19-20-21-22-24-25-27-29-31-33-35-37-42(44)49-39-41(40-50-52(46,47)48)51-43(45)38-36-34-32-30-28-26-23-18-16-14-12-10-8-6-4-2/h5,7,11,13,17-19,21-23,25,27,41H,3-4,6,8-10,12,14-16,20,24,26,28-40H2,1-2H3,(H2,46,47,48)/b7-5+,13-11+,19-17+,22-21+,23-18+,27-25+/t41-/m1/s1. The van der Waals surface area contributed by atoms with E-state index in [1.807, 2.05) is 0 Å². The second kappa shape index (κ2) is 38.2. The Morgan fingerprint density at radius 2 is 0.923 bits per heavy atom. The number of carbonyl (C=O) groups is 2. The van der Waals surface area contributed by atoms with Gasteiger partial charge in [-0.3, -0.25) is 14.1 Å². The van der Waals surface area contributed by atoms with Crippen LogP contribution in [0.3, 0.4) is 0 Å². The molecular weight excluding hydrogens is 675 g/mol. The average Bonchev–Trinajstić information content (AvgIpc) is 3.11. The number of phosphoric acid groups is 1. The molecule has 0 bridgehead atoms. The van der Waals surface area contributed by atoms with Gasteiger partial charge in [0.1, 0.15) is 6.61 Å². The summed E-state index contributed by atoms with van der Waals surface area (Å²) in [6, 6.07) is 0. The third-order valence-electron chi connectivity index (χ3n) is 8.21. The summed E-state index contributed by atoms with van der Waals surface area (Å²) in [5.74, 6) is -0.938. The minimum Gasteiger partial charge on any atom is -0.462 e. The molecule has 0 aromatic carbocycles. The summed E-state index contributed by atoms with van der Waals surface area (Å²) >= 11 is 0. The lowest BCUT2D eigenvalue weighted by Crippen LogP contribution is -2.29. The van der Waals surface area contributed by atoms with Gasteiger partial charge in [0, 0.05) is 12.8 Å². The highest BCUT2D eigenvalue weighted by molar-refractivity contribution is 7.46. The second-order valence-corrected chi connectivity index (χ2v) is 14.5. The highest BCUT2D eigenvalue weighted by atomic mass is 31.2. The molecule has 0 spiro atoms. The SMILES string of the molecule is CC/C=C/C/C=C/C/C=C/C/C=C/C/C=C/CCCCCC(=O)OC[C@H](COP(=O)(O)O)OC(=O)CCCCCCC/C=C/CCCCCCCC. The van der Waals surface area contributed by atoms with Crippen LogP contribution in [-0.2, 0) is 28.2 Å². The predicted octanol–water partition coefficient (Wildman–Crippen LogP) is 12.3. The molecule has 0 aromatic rings. The van der Waals surface area contributed by atoms with Gasteiger partial charge in [0.05, 0.1) is 6.61 Å². The molecule has 0 unspecified atom stereocenters. The first-order chi connectivity index (χ1) is 25.3. The molecule has 0 radical (unpaired) electrons. The topological polar surface area (TPSA) is 119 Å². The Kier molecular flexibility index (Phi) is 36.4. The van der Waals surface area contributed by atoms with E-state index in [4.69, 9.17) is 19.3 Å². The van der Waals surface area contributed by atoms with Crippen LogP contribution in [-0.4, -0.2) is 41.0 Å². The van der Waals surface area contributed by atoms with Crippen molar-refractivity contribution >= 4 is 19.8 Å². The average molecular weight is 749 g/mol. The van der Waals surface area contributed by atoms with Gasteiger partial charge in [-0.1, -0.05) is 145 Å². The van der Waals surface area contributed by atoms with Crippen LogP contribution in [0.5, 0.6) is 0 Å². The van der Waals surface area contributed by atoms with Crippen molar-refractivity contribution in [3.63, 3.8) is 0 Å². The van der Waals surface area contributed by atoms with E-state index in [0.717, 1.165) is 83.5 Å². The third kappa shape index (κ3) is 40.3. The van der Waals surface area contributed by atoms with Crippen molar-refractivity contribution < 1.29 is 37.9 Å². The number of unbranched alkanes of at least 4 members (excludes halogenated alkanes) is 14. The van der Waals surface area contributed by atoms with Gasteiger partial charge in [0.25, 0.3) is 0 Å². The summed E-state index contributed by atoms with van der Waals surface area (Å²) < 4.78 is 26.3. The lowest BCUT2D eigenvalue weighted by Gasteiger charge is -2.18. The number of rotatable bonds is 36. The fourth-order valence-electron chi connectivity index (χ4n) is 5.22. The van der Waals surface area contributed by atoms with Crippen molar-refractivity contribution in [2.24, 2.45) is 0 Å². The van der Waals surface area contributed by atoms with Crippen LogP contribution in [0.4, 0.5) is 0 Å². The van der Waals surface area contributed by atoms with Crippen molar-refractivity contribution in [1.82, 2.24) is 0 Å². The highest BCUT2D eigenvalue weighted by Gasteiger charge is 2.22. The lowest BCUT2D eigenvalue weighted by atomic mass is 10.1. The van der Waals surface area contributed by atoms with E-state index >= 15 is 0 Å². The molecule has 0 heterocycles. The van der Waals surface area contributed by atoms with Gasteiger partial charge in [-0.05, 0) is 83.5 Å². The molecule has 0 aliphatic heterocycles. The van der Waals surface area contributed by atoms with Gasteiger partial charge in [-0.15, -0.1) is 0 Å². The predicted molar refractivity (Wildman–Crippen MR) is 216 cm³/mol. The summed E-state index contributed by atoms with van der Waals surface area (Å²) in [5.41, 5.74) is 0. The normalized spacial score (nSPS) is 13.2. The molecule has 2 N–H and O–H groups in total. The van der Waals surface area contributed by atoms with Crippen molar-refractivity contribution in [2.75, 3.05) is 13.2 Å². The molecule has 0 fully saturated rings. The van der Waals surface area contributed by atoms with Crippen molar-refractivity contribution in [1.29, 1.82) is 0 Å². The Morgan fingerprint density at radius 1 is 0.519 bits per heavy atom. The molecule has 0 aliphatic carbocycles. The minimum absolute atomic E-state index is 0.191. The zero-order chi connectivity index (χ0) is 38.2. The zero-order valence-corrected chi connectivity index (χ0v) is 33.6. The molecule has 1 atom stereocenters. The molecule has 0 amide bonds. The van der Waals surface area contributed by atoms with Crippen LogP contribution in [0.15, 0.2) is 72.9 Å². The molecule has 0 aliphatic rings. The highest BCUT2D eigenvalue weighted by Crippen LogP contribution is 2.36. The van der Waals surface area contributed by atoms with Crippen molar-refractivity contribution in [3.8, 4) is 0 Å². The first-order valence-corrected chi connectivity index (χ1v) is 21.8. The van der Waals surface area contributed by atoms with E-state index in [1.54, 1.807) is 0 Å². The molecule has 0 saturated carbocycles. The first kappa shape index (κ1) is 49.5. The fourth-order valence-corrected chi connectivity index (χ4v) is 5.58. The van der Waals surface area contributed by atoms with Gasteiger partial charge in [-0.25, -0.2) is 4.57 Å². The van der Waals surface area contributed by atoms with Crippen molar-refractivity contribution in [3.05, 3.63) is 72.9 Å². The maximum Gasteiger partial charge on any atom is 0.469 e. The molecule has 0 saturated heterocycles. The molecular formula is C43H73O8P. The molecule has 0 rings (SSSR count). The van der Waals surface area contributed by atoms with E-state index in [9.17, 15) is 14.2 Å². The maximum atomic E-state index is 12.4. The molecule has 0 aromatic heterocycles. The summed E-state index contributed by atoms with van der Waals surface area (Å²) in [7, 11) is -4.77. The summed E-state index contributed by atoms with van der Waals surface area (Å²) in [6.45, 7) is 3.52. The van der Waals surface area contributed by atoms with Gasteiger partial charge in [0.2, 0.25) is 0 Å². The molecule has 9 heteroatoms. The molecule has 8 nitrogen and oxygen atoms in total. The van der Waals surface area contributed by atoms with Crippen LogP contribution >= 0.6 is 7.82 Å². The third-order valence-corrected chi connectivity index (χ3v) is 8.69. The smallest absolute Gasteiger partial charge is 0.462 e. The lowest BCUT2D eigenvalue weighted by molar-refractivity contribution is -0.161. The van der Waals surface area contributed by atoms with Crippen LogP contribution in [0.2, 0.25) is 0 Å². The van der Waals surface area contributed by atoms with E-state index in [2.05, 4.69) is 91.3 Å². The van der Waals surface area contributed by atoms with Crippen molar-refractivity contribution in [2.45, 2.75) is 174 Å². The second-order valence-electron chi connectivity index (χ2n) is 13.2. The Morgan fingerprint density at radius 3 is 1.42 bits per heavy atom. The van der Waals surface area contributed by atoms with Crippen LogP contribution in [0.1, 0.15) is 168 Å². The van der Waals surface area contributed by atoms with Crippen LogP contribution < -0.4 is 0 Å². The zero-order valence-electron chi connectivity index (χ0n) is 32.7. The molecule has 298 valence electrons. The quantitative estimate of drug-likeness (QED) is 0.0281. The Hall–Kier alpha value is -2.51. The maximum absolute atomic E-state index is 12.4. The number of ether oxygens (including phenoxy) is 2. The fraction of sp³-hybridized carbons (Fsp3) is 0.674. The van der Waals surface area contributed by atoms with E-state index < -0.39 is 32.5 Å². The number of carbonyl (C=O) groups excluding carboxylic acids is 2. The Bertz CT molecular complexity index is 1070. The van der Waals surface area contributed by atoms with Gasteiger partial charge in [0.15, 0.2) is 6.10 Å². The summed E-state index contributed by atoms with van der Waals surface area (Å²) in [5, 5.41) is 0. The van der Waals surface area contributed by atoms with Crippen LogP contribution in [0, 0.1) is 0 Å². The van der Waals surface area contributed by atoms with Gasteiger partial charge >= 0.3 is 19.8 Å². The first-order valence-electron chi connectivity index (χ1n) is 20.2. The van der Waals surface area contributed by atoms with Gasteiger partial charge in [-0.2, -0.15) is 0 Å². The number of hydrogen-bond donors (Lipinski definition) is 2. The summed E-state index contributed by atoms with van der Waals surface area (Å²) in [4.78, 5) is 42.8. The van der Waals surface area contributed by atoms with E-state index in [1.165, 1.54) is 44.9 Å². The van der Waals surface area contributed by atoms with Crippen LogP contribution in [0.25, 0.3) is 0 Å². The van der Waals surface area contributed by atoms with E-state index in [-0.39, 0.29) is 19.4 Å². The Balaban J connectivity index is 4.03. The number of hydrogen-bond acceptors (Lipinski definition) is 6. The van der Waals surface area contributed by atoms with E-state index in [0.29, 0.717) is 12.8 Å². The minimum atomic E-state index is -4.77. The number of phosphoric ester groups is 1. The number of esters is 2. The monoisotopic (exact) mass is 749 g/mol. The van der Waals surface area contributed by atoms with Gasteiger partial charge < -0.3 is 19.3 Å². The number of allylic oxidation sites excluding steroid dienone is 12. The molecule has 52 heavy (non-hydrogen) atoms. The largest absolute Gasteiger partial charge is 0.469 e. The summed E-state index contributed by atoms with van der Waals surface area (Å²) in [6.07, 6.45) is 49.0. The Labute approximate surface area is 317 Å².